The van der Waals surface area contributed by atoms with E-state index in [0.717, 1.165) is 11.1 Å². The Morgan fingerprint density at radius 3 is 2.33 bits per heavy atom. The van der Waals surface area contributed by atoms with E-state index in [0.29, 0.717) is 28.4 Å². The van der Waals surface area contributed by atoms with Gasteiger partial charge in [0.25, 0.3) is 5.91 Å². The second-order valence-electron chi connectivity index (χ2n) is 8.33. The summed E-state index contributed by atoms with van der Waals surface area (Å²) in [6.07, 6.45) is 0.155. The molecule has 174 valence electrons. The molecule has 1 unspecified atom stereocenters. The summed E-state index contributed by atoms with van der Waals surface area (Å²) in [4.78, 5) is 39.8. The van der Waals surface area contributed by atoms with Gasteiger partial charge in [-0.25, -0.2) is 4.79 Å². The van der Waals surface area contributed by atoms with Gasteiger partial charge in [-0.1, -0.05) is 35.9 Å². The first-order chi connectivity index (χ1) is 15.7. The van der Waals surface area contributed by atoms with E-state index in [4.69, 9.17) is 16.3 Å². The number of ether oxygens (including phenoxy) is 1. The summed E-state index contributed by atoms with van der Waals surface area (Å²) in [5.74, 6) is -1.04. The quantitative estimate of drug-likeness (QED) is 0.590. The van der Waals surface area contributed by atoms with Crippen molar-refractivity contribution in [2.75, 3.05) is 6.61 Å². The van der Waals surface area contributed by atoms with Gasteiger partial charge < -0.3 is 15.0 Å². The molecule has 2 aromatic rings. The molecule has 3 rings (SSSR count). The minimum absolute atomic E-state index is 0.0471. The van der Waals surface area contributed by atoms with Crippen LogP contribution in [0.4, 0.5) is 0 Å². The van der Waals surface area contributed by atoms with E-state index in [1.54, 1.807) is 43.0 Å². The Bertz CT molecular complexity index is 1060. The smallest absolute Gasteiger partial charge is 0.336 e. The van der Waals surface area contributed by atoms with Crippen molar-refractivity contribution >= 4 is 29.4 Å². The molecular weight excluding hydrogens is 440 g/mol. The van der Waals surface area contributed by atoms with Gasteiger partial charge in [-0.15, -0.1) is 0 Å². The van der Waals surface area contributed by atoms with Crippen LogP contribution in [0.15, 0.2) is 59.8 Å². The van der Waals surface area contributed by atoms with Gasteiger partial charge in [0.2, 0.25) is 5.91 Å². The highest BCUT2D eigenvalue weighted by Gasteiger charge is 2.36. The van der Waals surface area contributed by atoms with Crippen LogP contribution in [0, 0.1) is 0 Å². The Kier molecular flexibility index (Phi) is 7.92. The van der Waals surface area contributed by atoms with Crippen LogP contribution < -0.4 is 5.32 Å². The first kappa shape index (κ1) is 24.5. The van der Waals surface area contributed by atoms with Crippen molar-refractivity contribution in [3.63, 3.8) is 0 Å². The number of halogens is 1. The molecule has 1 aliphatic rings. The number of carbonyl (C=O) groups is 3. The number of nitrogens with zero attached hydrogens (tertiary/aromatic N) is 1. The molecule has 7 heteroatoms. The maximum Gasteiger partial charge on any atom is 0.336 e. The summed E-state index contributed by atoms with van der Waals surface area (Å²) >= 11 is 6.02. The largest absolute Gasteiger partial charge is 0.463 e. The summed E-state index contributed by atoms with van der Waals surface area (Å²) < 4.78 is 5.33. The molecule has 0 saturated heterocycles. The molecule has 0 bridgehead atoms. The van der Waals surface area contributed by atoms with Gasteiger partial charge in [0.15, 0.2) is 0 Å². The standard InChI is InChI=1S/C26H29ClN2O4/c1-5-33-26(32)24-17(4)29(23(30)14-22(24)19-10-12-21(27)13-11-19)15-18-6-8-20(9-7-18)25(31)28-16(2)3/h6-13,16,22H,5,14-15H2,1-4H3,(H,28,31). The third-order valence-electron chi connectivity index (χ3n) is 5.57. The van der Waals surface area contributed by atoms with Crippen molar-refractivity contribution in [2.24, 2.45) is 0 Å². The minimum Gasteiger partial charge on any atom is -0.463 e. The first-order valence-corrected chi connectivity index (χ1v) is 11.4. The Hall–Kier alpha value is -3.12. The molecule has 2 aromatic carbocycles. The van der Waals surface area contributed by atoms with Crippen molar-refractivity contribution in [1.82, 2.24) is 10.2 Å². The molecule has 33 heavy (non-hydrogen) atoms. The first-order valence-electron chi connectivity index (χ1n) is 11.0. The van der Waals surface area contributed by atoms with E-state index in [1.807, 2.05) is 38.1 Å². The summed E-state index contributed by atoms with van der Waals surface area (Å²) in [5, 5.41) is 3.45. The Labute approximate surface area is 199 Å². The highest BCUT2D eigenvalue weighted by molar-refractivity contribution is 6.30. The fourth-order valence-electron chi connectivity index (χ4n) is 3.95. The van der Waals surface area contributed by atoms with Crippen molar-refractivity contribution in [1.29, 1.82) is 0 Å². The van der Waals surface area contributed by atoms with Crippen LogP contribution in [0.25, 0.3) is 0 Å². The monoisotopic (exact) mass is 468 g/mol. The van der Waals surface area contributed by atoms with E-state index in [9.17, 15) is 14.4 Å². The van der Waals surface area contributed by atoms with Crippen molar-refractivity contribution in [3.8, 4) is 0 Å². The number of carbonyl (C=O) groups excluding carboxylic acids is 3. The summed E-state index contributed by atoms with van der Waals surface area (Å²) in [6.45, 7) is 7.89. The van der Waals surface area contributed by atoms with E-state index in [2.05, 4.69) is 5.32 Å². The Balaban J connectivity index is 1.90. The number of esters is 1. The maximum absolute atomic E-state index is 13.1. The molecule has 1 N–H and O–H groups in total. The highest BCUT2D eigenvalue weighted by Crippen LogP contribution is 2.38. The Morgan fingerprint density at radius 1 is 1.12 bits per heavy atom. The Morgan fingerprint density at radius 2 is 1.76 bits per heavy atom. The lowest BCUT2D eigenvalue weighted by Gasteiger charge is -2.34. The third-order valence-corrected chi connectivity index (χ3v) is 5.82. The predicted molar refractivity (Wildman–Crippen MR) is 128 cm³/mol. The van der Waals surface area contributed by atoms with Crippen molar-refractivity contribution in [3.05, 3.63) is 81.5 Å². The lowest BCUT2D eigenvalue weighted by atomic mass is 9.83. The third kappa shape index (κ3) is 5.82. The van der Waals surface area contributed by atoms with Gasteiger partial charge in [0.05, 0.1) is 18.7 Å². The lowest BCUT2D eigenvalue weighted by molar-refractivity contribution is -0.140. The summed E-state index contributed by atoms with van der Waals surface area (Å²) in [5.41, 5.74) is 3.31. The number of amides is 2. The van der Waals surface area contributed by atoms with Gasteiger partial charge in [-0.05, 0) is 63.1 Å². The molecule has 0 radical (unpaired) electrons. The molecule has 1 aliphatic heterocycles. The van der Waals surface area contributed by atoms with E-state index < -0.39 is 11.9 Å². The number of nitrogens with one attached hydrogen (secondary N) is 1. The average Bonchev–Trinajstić information content (AvgIpc) is 2.77. The minimum atomic E-state index is -0.423. The molecular formula is C26H29ClN2O4. The van der Waals surface area contributed by atoms with E-state index >= 15 is 0 Å². The molecule has 1 atom stereocenters. The maximum atomic E-state index is 13.1. The SMILES string of the molecule is CCOC(=O)C1=C(C)N(Cc2ccc(C(=O)NC(C)C)cc2)C(=O)CC1c1ccc(Cl)cc1. The normalized spacial score (nSPS) is 16.2. The highest BCUT2D eigenvalue weighted by atomic mass is 35.5. The van der Waals surface area contributed by atoms with Gasteiger partial charge >= 0.3 is 5.97 Å². The second kappa shape index (κ2) is 10.7. The van der Waals surface area contributed by atoms with Crippen molar-refractivity contribution < 1.29 is 19.1 Å². The molecule has 0 aliphatic carbocycles. The van der Waals surface area contributed by atoms with Gasteiger partial charge in [-0.2, -0.15) is 0 Å². The molecule has 0 fully saturated rings. The van der Waals surface area contributed by atoms with Crippen LogP contribution in [-0.4, -0.2) is 35.3 Å². The van der Waals surface area contributed by atoms with Crippen LogP contribution in [-0.2, 0) is 20.9 Å². The van der Waals surface area contributed by atoms with Crippen LogP contribution in [0.2, 0.25) is 5.02 Å². The van der Waals surface area contributed by atoms with E-state index in [1.165, 1.54) is 0 Å². The van der Waals surface area contributed by atoms with Crippen LogP contribution >= 0.6 is 11.6 Å². The van der Waals surface area contributed by atoms with Crippen LogP contribution in [0.5, 0.6) is 0 Å². The van der Waals surface area contributed by atoms with Gasteiger partial charge in [-0.3, -0.25) is 9.59 Å². The summed E-state index contributed by atoms with van der Waals surface area (Å²) in [7, 11) is 0. The zero-order valence-corrected chi connectivity index (χ0v) is 20.1. The molecule has 2 amide bonds. The lowest BCUT2D eigenvalue weighted by Crippen LogP contribution is -2.38. The van der Waals surface area contributed by atoms with Crippen LogP contribution in [0.3, 0.4) is 0 Å². The molecule has 6 nitrogen and oxygen atoms in total. The molecule has 0 spiro atoms. The van der Waals surface area contributed by atoms with Crippen LogP contribution in [0.1, 0.15) is 61.5 Å². The van der Waals surface area contributed by atoms with Gasteiger partial charge in [0.1, 0.15) is 0 Å². The topological polar surface area (TPSA) is 75.7 Å². The number of hydrogen-bond donors (Lipinski definition) is 1. The number of benzene rings is 2. The average molecular weight is 469 g/mol. The second-order valence-corrected chi connectivity index (χ2v) is 8.77. The zero-order chi connectivity index (χ0) is 24.1. The summed E-state index contributed by atoms with van der Waals surface area (Å²) in [6, 6.07) is 14.4. The fourth-order valence-corrected chi connectivity index (χ4v) is 4.07. The van der Waals surface area contributed by atoms with E-state index in [-0.39, 0.29) is 30.9 Å². The number of rotatable bonds is 7. The molecule has 1 heterocycles. The predicted octanol–water partition coefficient (Wildman–Crippen LogP) is 4.83. The molecule has 0 saturated carbocycles. The molecule has 0 aromatic heterocycles. The number of allylic oxidation sites excluding steroid dienone is 1. The van der Waals surface area contributed by atoms with Crippen molar-refractivity contribution in [2.45, 2.75) is 52.6 Å². The van der Waals surface area contributed by atoms with Gasteiger partial charge in [0, 0.05) is 34.7 Å². The number of hydrogen-bond acceptors (Lipinski definition) is 4. The fraction of sp³-hybridized carbons (Fsp3) is 0.346. The zero-order valence-electron chi connectivity index (χ0n) is 19.4.